The van der Waals surface area contributed by atoms with Gasteiger partial charge in [0.05, 0.1) is 23.9 Å². The van der Waals surface area contributed by atoms with Crippen LogP contribution in [0.4, 0.5) is 0 Å². The molecule has 6 nitrogen and oxygen atoms in total. The summed E-state index contributed by atoms with van der Waals surface area (Å²) in [5.41, 5.74) is 3.46. The van der Waals surface area contributed by atoms with E-state index in [4.69, 9.17) is 14.5 Å². The highest BCUT2D eigenvalue weighted by atomic mass is 79.9. The topological polar surface area (TPSA) is 77.5 Å². The van der Waals surface area contributed by atoms with E-state index in [0.29, 0.717) is 28.7 Å². The number of hydrogen-bond acceptors (Lipinski definition) is 5. The zero-order chi connectivity index (χ0) is 24.1. The molecule has 1 atom stereocenters. The summed E-state index contributed by atoms with van der Waals surface area (Å²) in [7, 11) is 1.60. The molecule has 0 bridgehead atoms. The normalized spacial score (nSPS) is 11.6. The van der Waals surface area contributed by atoms with E-state index in [1.165, 1.54) is 0 Å². The number of halogens is 1. The number of carbonyl (C=O) groups is 2. The number of esters is 1. The van der Waals surface area contributed by atoms with Gasteiger partial charge < -0.3 is 14.8 Å². The number of amides is 1. The SMILES string of the molecule is COc1ccc(CNC(=O)[C@@H](C)OC(=O)c2cc(-c3ccc(Br)cc3)nc3ccccc23)cc1. The third-order valence-corrected chi connectivity index (χ3v) is 5.88. The molecule has 0 radical (unpaired) electrons. The van der Waals surface area contributed by atoms with Crippen LogP contribution >= 0.6 is 15.9 Å². The number of pyridine rings is 1. The van der Waals surface area contributed by atoms with Crippen molar-refractivity contribution in [1.29, 1.82) is 0 Å². The first-order valence-corrected chi connectivity index (χ1v) is 11.5. The highest BCUT2D eigenvalue weighted by Gasteiger charge is 2.21. The molecule has 1 amide bonds. The number of nitrogens with one attached hydrogen (secondary N) is 1. The number of nitrogens with zero attached hydrogens (tertiary/aromatic N) is 1. The number of hydrogen-bond donors (Lipinski definition) is 1. The summed E-state index contributed by atoms with van der Waals surface area (Å²) >= 11 is 3.43. The molecule has 0 spiro atoms. The van der Waals surface area contributed by atoms with Gasteiger partial charge in [-0.2, -0.15) is 0 Å². The molecule has 0 saturated heterocycles. The van der Waals surface area contributed by atoms with Gasteiger partial charge in [0.25, 0.3) is 5.91 Å². The molecule has 1 heterocycles. The van der Waals surface area contributed by atoms with Gasteiger partial charge in [0, 0.05) is 22.0 Å². The zero-order valence-electron chi connectivity index (χ0n) is 18.7. The van der Waals surface area contributed by atoms with Crippen LogP contribution in [0.1, 0.15) is 22.8 Å². The van der Waals surface area contributed by atoms with Gasteiger partial charge in [-0.25, -0.2) is 9.78 Å². The first kappa shape index (κ1) is 23.4. The van der Waals surface area contributed by atoms with Crippen molar-refractivity contribution in [3.63, 3.8) is 0 Å². The van der Waals surface area contributed by atoms with E-state index >= 15 is 0 Å². The fraction of sp³-hybridized carbons (Fsp3) is 0.148. The van der Waals surface area contributed by atoms with Gasteiger partial charge in [-0.05, 0) is 48.9 Å². The Labute approximate surface area is 206 Å². The highest BCUT2D eigenvalue weighted by molar-refractivity contribution is 9.10. The number of fused-ring (bicyclic) bond motifs is 1. The van der Waals surface area contributed by atoms with Crippen LogP contribution in [0.3, 0.4) is 0 Å². The first-order valence-electron chi connectivity index (χ1n) is 10.7. The van der Waals surface area contributed by atoms with Crippen molar-refractivity contribution in [2.45, 2.75) is 19.6 Å². The van der Waals surface area contributed by atoms with Crippen LogP contribution in [0, 0.1) is 0 Å². The van der Waals surface area contributed by atoms with Crippen molar-refractivity contribution in [2.24, 2.45) is 0 Å². The van der Waals surface area contributed by atoms with E-state index in [-0.39, 0.29) is 5.91 Å². The Hall–Kier alpha value is -3.71. The van der Waals surface area contributed by atoms with Gasteiger partial charge in [0.1, 0.15) is 5.75 Å². The summed E-state index contributed by atoms with van der Waals surface area (Å²) in [6, 6.07) is 24.1. The molecule has 0 aliphatic carbocycles. The molecule has 0 saturated carbocycles. The Morgan fingerprint density at radius 3 is 2.41 bits per heavy atom. The molecular weight excluding hydrogens is 496 g/mol. The van der Waals surface area contributed by atoms with Crippen molar-refractivity contribution in [2.75, 3.05) is 7.11 Å². The van der Waals surface area contributed by atoms with Gasteiger partial charge in [0.15, 0.2) is 6.10 Å². The Kier molecular flexibility index (Phi) is 7.23. The van der Waals surface area contributed by atoms with Crippen LogP contribution < -0.4 is 10.1 Å². The first-order chi connectivity index (χ1) is 16.4. The van der Waals surface area contributed by atoms with E-state index in [2.05, 4.69) is 21.2 Å². The number of ether oxygens (including phenoxy) is 2. The molecule has 4 aromatic rings. The van der Waals surface area contributed by atoms with Crippen LogP contribution in [0.5, 0.6) is 5.75 Å². The smallest absolute Gasteiger partial charge is 0.339 e. The Balaban J connectivity index is 1.51. The molecule has 34 heavy (non-hydrogen) atoms. The minimum Gasteiger partial charge on any atom is -0.497 e. The van der Waals surface area contributed by atoms with Crippen molar-refractivity contribution in [3.05, 3.63) is 94.5 Å². The van der Waals surface area contributed by atoms with E-state index in [9.17, 15) is 9.59 Å². The number of benzene rings is 3. The maximum Gasteiger partial charge on any atom is 0.339 e. The molecule has 4 rings (SSSR count). The largest absolute Gasteiger partial charge is 0.497 e. The Morgan fingerprint density at radius 2 is 1.71 bits per heavy atom. The van der Waals surface area contributed by atoms with E-state index in [1.807, 2.05) is 72.8 Å². The standard InChI is InChI=1S/C27H23BrN2O4/c1-17(26(31)29-16-18-7-13-21(33-2)14-8-18)34-27(32)23-15-25(19-9-11-20(28)12-10-19)30-24-6-4-3-5-22(23)24/h3-15,17H,16H2,1-2H3,(H,29,31)/t17-/m1/s1. The Morgan fingerprint density at radius 1 is 1.00 bits per heavy atom. The maximum atomic E-state index is 13.1. The molecule has 1 aromatic heterocycles. The second kappa shape index (κ2) is 10.5. The van der Waals surface area contributed by atoms with Crippen LogP contribution in [0.2, 0.25) is 0 Å². The molecule has 0 fully saturated rings. The lowest BCUT2D eigenvalue weighted by Gasteiger charge is -2.15. The molecule has 172 valence electrons. The van der Waals surface area contributed by atoms with Gasteiger partial charge in [0.2, 0.25) is 0 Å². The summed E-state index contributed by atoms with van der Waals surface area (Å²) in [6.45, 7) is 1.87. The van der Waals surface area contributed by atoms with Crippen LogP contribution in [-0.2, 0) is 16.1 Å². The van der Waals surface area contributed by atoms with Gasteiger partial charge in [-0.1, -0.05) is 58.4 Å². The summed E-state index contributed by atoms with van der Waals surface area (Å²) in [5, 5.41) is 3.46. The lowest BCUT2D eigenvalue weighted by Crippen LogP contribution is -2.35. The zero-order valence-corrected chi connectivity index (χ0v) is 20.3. The number of methoxy groups -OCH3 is 1. The van der Waals surface area contributed by atoms with Crippen molar-refractivity contribution in [3.8, 4) is 17.0 Å². The second-order valence-electron chi connectivity index (χ2n) is 7.69. The second-order valence-corrected chi connectivity index (χ2v) is 8.61. The minimum atomic E-state index is -0.964. The monoisotopic (exact) mass is 518 g/mol. The van der Waals surface area contributed by atoms with Crippen LogP contribution in [0.25, 0.3) is 22.2 Å². The summed E-state index contributed by atoms with van der Waals surface area (Å²) in [4.78, 5) is 30.4. The highest BCUT2D eigenvalue weighted by Crippen LogP contribution is 2.26. The third-order valence-electron chi connectivity index (χ3n) is 5.35. The van der Waals surface area contributed by atoms with E-state index in [1.54, 1.807) is 20.1 Å². The lowest BCUT2D eigenvalue weighted by atomic mass is 10.0. The molecule has 7 heteroatoms. The molecule has 3 aromatic carbocycles. The number of para-hydroxylation sites is 1. The predicted molar refractivity (Wildman–Crippen MR) is 135 cm³/mol. The summed E-state index contributed by atoms with van der Waals surface area (Å²) in [5.74, 6) is -0.218. The Bertz CT molecular complexity index is 1320. The molecular formula is C27H23BrN2O4. The fourth-order valence-electron chi connectivity index (χ4n) is 3.47. The van der Waals surface area contributed by atoms with Crippen LogP contribution in [-0.4, -0.2) is 30.1 Å². The molecule has 0 aliphatic heterocycles. The lowest BCUT2D eigenvalue weighted by molar-refractivity contribution is -0.129. The van der Waals surface area contributed by atoms with E-state index < -0.39 is 12.1 Å². The van der Waals surface area contributed by atoms with Gasteiger partial charge >= 0.3 is 5.97 Å². The maximum absolute atomic E-state index is 13.1. The molecule has 0 aliphatic rings. The van der Waals surface area contributed by atoms with Crippen molar-refractivity contribution in [1.82, 2.24) is 10.3 Å². The van der Waals surface area contributed by atoms with Gasteiger partial charge in [-0.15, -0.1) is 0 Å². The predicted octanol–water partition coefficient (Wildman–Crippen LogP) is 5.53. The quantitative estimate of drug-likeness (QED) is 0.325. The molecule has 1 N–H and O–H groups in total. The average molecular weight is 519 g/mol. The fourth-order valence-corrected chi connectivity index (χ4v) is 3.73. The molecule has 0 unspecified atom stereocenters. The van der Waals surface area contributed by atoms with Crippen LogP contribution in [0.15, 0.2) is 83.3 Å². The van der Waals surface area contributed by atoms with Gasteiger partial charge in [-0.3, -0.25) is 4.79 Å². The average Bonchev–Trinajstić information content (AvgIpc) is 2.87. The van der Waals surface area contributed by atoms with E-state index in [0.717, 1.165) is 21.3 Å². The summed E-state index contributed by atoms with van der Waals surface area (Å²) < 4.78 is 11.6. The number of aromatic nitrogens is 1. The minimum absolute atomic E-state index is 0.316. The number of carbonyl (C=O) groups excluding carboxylic acids is 2. The summed E-state index contributed by atoms with van der Waals surface area (Å²) in [6.07, 6.45) is -0.964. The van der Waals surface area contributed by atoms with Crippen molar-refractivity contribution < 1.29 is 19.1 Å². The number of rotatable bonds is 7. The third kappa shape index (κ3) is 5.43. The van der Waals surface area contributed by atoms with Crippen molar-refractivity contribution >= 4 is 38.7 Å².